The fourth-order valence-electron chi connectivity index (χ4n) is 2.56. The fraction of sp³-hybridized carbons (Fsp3) is 0.600. The van der Waals surface area contributed by atoms with Crippen molar-refractivity contribution in [2.45, 2.75) is 39.8 Å². The Morgan fingerprint density at radius 2 is 2.12 bits per heavy atom. The SMILES string of the molecule is CCOCc1nc2c(N)ncc(C)c2n1CCCCNS(C)(=O)=O. The molecule has 0 bridgehead atoms. The molecule has 0 atom stereocenters. The van der Waals surface area contributed by atoms with Gasteiger partial charge in [0.25, 0.3) is 0 Å². The zero-order valence-electron chi connectivity index (χ0n) is 14.4. The average Bonchev–Trinajstić information content (AvgIpc) is 2.87. The van der Waals surface area contributed by atoms with Crippen molar-refractivity contribution in [3.8, 4) is 0 Å². The van der Waals surface area contributed by atoms with Crippen molar-refractivity contribution in [1.82, 2.24) is 19.3 Å². The lowest BCUT2D eigenvalue weighted by molar-refractivity contribution is 0.126. The van der Waals surface area contributed by atoms with Crippen molar-refractivity contribution in [2.24, 2.45) is 0 Å². The van der Waals surface area contributed by atoms with Gasteiger partial charge in [-0.3, -0.25) is 0 Å². The molecule has 0 aliphatic heterocycles. The second-order valence-electron chi connectivity index (χ2n) is 5.71. The van der Waals surface area contributed by atoms with E-state index >= 15 is 0 Å². The van der Waals surface area contributed by atoms with Crippen molar-refractivity contribution in [3.63, 3.8) is 0 Å². The van der Waals surface area contributed by atoms with Gasteiger partial charge >= 0.3 is 0 Å². The van der Waals surface area contributed by atoms with Crippen LogP contribution < -0.4 is 10.5 Å². The van der Waals surface area contributed by atoms with Crippen LogP contribution in [0.1, 0.15) is 31.2 Å². The monoisotopic (exact) mass is 355 g/mol. The Labute approximate surface area is 142 Å². The van der Waals surface area contributed by atoms with Gasteiger partial charge in [0.15, 0.2) is 5.82 Å². The number of nitrogen functional groups attached to an aromatic ring is 1. The molecule has 0 aliphatic carbocycles. The van der Waals surface area contributed by atoms with E-state index in [1.165, 1.54) is 0 Å². The first-order chi connectivity index (χ1) is 11.3. The molecule has 0 unspecified atom stereocenters. The largest absolute Gasteiger partial charge is 0.382 e. The van der Waals surface area contributed by atoms with E-state index in [9.17, 15) is 8.42 Å². The zero-order valence-corrected chi connectivity index (χ0v) is 15.2. The van der Waals surface area contributed by atoms with E-state index in [4.69, 9.17) is 10.5 Å². The predicted molar refractivity (Wildman–Crippen MR) is 94.1 cm³/mol. The van der Waals surface area contributed by atoms with Crippen molar-refractivity contribution in [3.05, 3.63) is 17.6 Å². The summed E-state index contributed by atoms with van der Waals surface area (Å²) < 4.78 is 32.3. The van der Waals surface area contributed by atoms with Crippen LogP contribution in [0, 0.1) is 6.92 Å². The highest BCUT2D eigenvalue weighted by molar-refractivity contribution is 7.88. The third-order valence-corrected chi connectivity index (χ3v) is 4.40. The predicted octanol–water partition coefficient (Wildman–Crippen LogP) is 1.19. The summed E-state index contributed by atoms with van der Waals surface area (Å²) in [5, 5.41) is 0. The number of nitrogens with zero attached hydrogens (tertiary/aromatic N) is 3. The van der Waals surface area contributed by atoms with Gasteiger partial charge in [-0.2, -0.15) is 0 Å². The van der Waals surface area contributed by atoms with E-state index in [0.717, 1.165) is 36.0 Å². The Kier molecular flexibility index (Phi) is 6.14. The minimum atomic E-state index is -3.14. The molecule has 8 nitrogen and oxygen atoms in total. The molecule has 0 amide bonds. The molecule has 3 N–H and O–H groups in total. The van der Waals surface area contributed by atoms with Crippen LogP contribution in [0.3, 0.4) is 0 Å². The molecule has 0 spiro atoms. The van der Waals surface area contributed by atoms with Crippen molar-refractivity contribution in [1.29, 1.82) is 0 Å². The fourth-order valence-corrected chi connectivity index (χ4v) is 3.08. The van der Waals surface area contributed by atoms with Crippen LogP contribution in [0.25, 0.3) is 11.0 Å². The van der Waals surface area contributed by atoms with Crippen LogP contribution in [0.2, 0.25) is 0 Å². The summed E-state index contributed by atoms with van der Waals surface area (Å²) in [7, 11) is -3.14. The number of sulfonamides is 1. The van der Waals surface area contributed by atoms with Crippen LogP contribution in [-0.2, 0) is 27.9 Å². The molecule has 2 heterocycles. The second-order valence-corrected chi connectivity index (χ2v) is 7.55. The van der Waals surface area contributed by atoms with E-state index < -0.39 is 10.0 Å². The zero-order chi connectivity index (χ0) is 17.7. The Hall–Kier alpha value is -1.71. The maximum absolute atomic E-state index is 11.1. The number of pyridine rings is 1. The van der Waals surface area contributed by atoms with E-state index in [-0.39, 0.29) is 0 Å². The Balaban J connectivity index is 2.18. The van der Waals surface area contributed by atoms with Gasteiger partial charge in [-0.25, -0.2) is 23.1 Å². The van der Waals surface area contributed by atoms with Crippen LogP contribution in [0.5, 0.6) is 0 Å². The number of anilines is 1. The number of ether oxygens (including phenoxy) is 1. The average molecular weight is 355 g/mol. The molecule has 0 aliphatic rings. The van der Waals surface area contributed by atoms with Gasteiger partial charge in [0.1, 0.15) is 17.9 Å². The first-order valence-corrected chi connectivity index (χ1v) is 9.85. The number of hydrogen-bond donors (Lipinski definition) is 2. The standard InChI is InChI=1S/C15H25N5O3S/c1-4-23-10-12-19-13-14(11(2)9-17-15(13)16)20(12)8-6-5-7-18-24(3,21)22/h9,18H,4-8,10H2,1-3H3,(H2,16,17). The summed E-state index contributed by atoms with van der Waals surface area (Å²) in [5.41, 5.74) is 8.62. The number of aryl methyl sites for hydroxylation is 2. The Morgan fingerprint density at radius 1 is 1.38 bits per heavy atom. The van der Waals surface area contributed by atoms with E-state index in [2.05, 4.69) is 19.3 Å². The first-order valence-electron chi connectivity index (χ1n) is 7.96. The topological polar surface area (TPSA) is 112 Å². The molecule has 0 radical (unpaired) electrons. The maximum atomic E-state index is 11.1. The minimum Gasteiger partial charge on any atom is -0.382 e. The molecule has 0 fully saturated rings. The van der Waals surface area contributed by atoms with Gasteiger partial charge in [0.2, 0.25) is 10.0 Å². The number of unbranched alkanes of at least 4 members (excludes halogenated alkanes) is 1. The van der Waals surface area contributed by atoms with Crippen LogP contribution in [0.4, 0.5) is 5.82 Å². The maximum Gasteiger partial charge on any atom is 0.208 e. The number of aromatic nitrogens is 3. The van der Waals surface area contributed by atoms with Gasteiger partial charge in [0.05, 0.1) is 11.8 Å². The van der Waals surface area contributed by atoms with Gasteiger partial charge < -0.3 is 15.0 Å². The van der Waals surface area contributed by atoms with Crippen LogP contribution in [0.15, 0.2) is 6.20 Å². The van der Waals surface area contributed by atoms with E-state index in [0.29, 0.717) is 37.6 Å². The molecule has 2 aromatic rings. The van der Waals surface area contributed by atoms with Crippen LogP contribution >= 0.6 is 0 Å². The summed E-state index contributed by atoms with van der Waals surface area (Å²) in [6, 6.07) is 0. The third kappa shape index (κ3) is 4.65. The molecule has 134 valence electrons. The molecule has 0 saturated heterocycles. The first kappa shape index (κ1) is 18.6. The van der Waals surface area contributed by atoms with Gasteiger partial charge in [0, 0.05) is 25.9 Å². The molecule has 2 rings (SSSR count). The van der Waals surface area contributed by atoms with Gasteiger partial charge in [-0.05, 0) is 32.3 Å². The van der Waals surface area contributed by atoms with Crippen molar-refractivity contribution in [2.75, 3.05) is 25.1 Å². The lowest BCUT2D eigenvalue weighted by Crippen LogP contribution is -2.23. The number of imidazole rings is 1. The number of nitrogens with two attached hydrogens (primary N) is 1. The van der Waals surface area contributed by atoms with Gasteiger partial charge in [-0.1, -0.05) is 0 Å². The minimum absolute atomic E-state index is 0.408. The summed E-state index contributed by atoms with van der Waals surface area (Å²) >= 11 is 0. The van der Waals surface area contributed by atoms with Gasteiger partial charge in [-0.15, -0.1) is 0 Å². The number of hydrogen-bond acceptors (Lipinski definition) is 6. The normalized spacial score (nSPS) is 12.1. The molecule has 0 saturated carbocycles. The Morgan fingerprint density at radius 3 is 2.79 bits per heavy atom. The molecule has 9 heteroatoms. The smallest absolute Gasteiger partial charge is 0.208 e. The lowest BCUT2D eigenvalue weighted by atomic mass is 10.2. The molecule has 24 heavy (non-hydrogen) atoms. The molecular formula is C15H25N5O3S. The van der Waals surface area contributed by atoms with E-state index in [1.54, 1.807) is 6.20 Å². The van der Waals surface area contributed by atoms with Crippen molar-refractivity contribution < 1.29 is 13.2 Å². The molecule has 0 aromatic carbocycles. The summed E-state index contributed by atoms with van der Waals surface area (Å²) in [5.74, 6) is 1.22. The highest BCUT2D eigenvalue weighted by Crippen LogP contribution is 2.24. The second kappa shape index (κ2) is 7.91. The molecular weight excluding hydrogens is 330 g/mol. The van der Waals surface area contributed by atoms with Crippen LogP contribution in [-0.4, -0.2) is 42.4 Å². The summed E-state index contributed by atoms with van der Waals surface area (Å²) in [4.78, 5) is 8.75. The third-order valence-electron chi connectivity index (χ3n) is 3.67. The highest BCUT2D eigenvalue weighted by atomic mass is 32.2. The quantitative estimate of drug-likeness (QED) is 0.653. The molecule has 2 aromatic heterocycles. The number of nitrogens with one attached hydrogen (secondary N) is 1. The van der Waals surface area contributed by atoms with Crippen molar-refractivity contribution >= 4 is 26.9 Å². The summed E-state index contributed by atoms with van der Waals surface area (Å²) in [6.45, 7) is 6.07. The Bertz CT molecular complexity index is 801. The number of rotatable bonds is 9. The number of fused-ring (bicyclic) bond motifs is 1. The lowest BCUT2D eigenvalue weighted by Gasteiger charge is -2.11. The van der Waals surface area contributed by atoms with E-state index in [1.807, 2.05) is 13.8 Å². The summed E-state index contributed by atoms with van der Waals surface area (Å²) in [6.07, 6.45) is 4.45. The highest BCUT2D eigenvalue weighted by Gasteiger charge is 2.15.